The first-order chi connectivity index (χ1) is 8.72. The van der Waals surface area contributed by atoms with E-state index in [9.17, 15) is 5.11 Å². The van der Waals surface area contributed by atoms with Crippen molar-refractivity contribution in [3.63, 3.8) is 0 Å². The third-order valence-electron chi connectivity index (χ3n) is 3.11. The molecule has 3 nitrogen and oxygen atoms in total. The van der Waals surface area contributed by atoms with E-state index in [1.807, 2.05) is 12.1 Å². The van der Waals surface area contributed by atoms with E-state index in [1.54, 1.807) is 14.2 Å². The molecule has 102 valence electrons. The molecule has 0 bridgehead atoms. The summed E-state index contributed by atoms with van der Waals surface area (Å²) in [7, 11) is 3.11. The maximum atomic E-state index is 9.80. The summed E-state index contributed by atoms with van der Waals surface area (Å²) < 4.78 is 10.3. The molecule has 18 heavy (non-hydrogen) atoms. The summed E-state index contributed by atoms with van der Waals surface area (Å²) in [6.07, 6.45) is 7.28. The number of phenolic OH excluding ortho intramolecular Hbond substituents is 1. The van der Waals surface area contributed by atoms with Gasteiger partial charge in [0.25, 0.3) is 0 Å². The zero-order chi connectivity index (χ0) is 13.4. The molecule has 0 amide bonds. The zero-order valence-electron chi connectivity index (χ0n) is 11.7. The van der Waals surface area contributed by atoms with E-state index < -0.39 is 0 Å². The lowest BCUT2D eigenvalue weighted by molar-refractivity contribution is 0.339. The first-order valence-corrected chi connectivity index (χ1v) is 6.66. The van der Waals surface area contributed by atoms with Crippen LogP contribution in [0.15, 0.2) is 12.1 Å². The Morgan fingerprint density at radius 2 is 1.50 bits per heavy atom. The van der Waals surface area contributed by atoms with Crippen LogP contribution in [0.2, 0.25) is 0 Å². The quantitative estimate of drug-likeness (QED) is 0.713. The van der Waals surface area contributed by atoms with Crippen LogP contribution in [0.25, 0.3) is 0 Å². The summed E-state index contributed by atoms with van der Waals surface area (Å²) in [5.41, 5.74) is 1.15. The Morgan fingerprint density at radius 1 is 0.944 bits per heavy atom. The van der Waals surface area contributed by atoms with Crippen molar-refractivity contribution >= 4 is 0 Å². The van der Waals surface area contributed by atoms with Crippen molar-refractivity contribution in [3.05, 3.63) is 17.7 Å². The highest BCUT2D eigenvalue weighted by Crippen LogP contribution is 2.37. The minimum absolute atomic E-state index is 0.0785. The molecule has 0 aliphatic heterocycles. The number of phenols is 1. The van der Waals surface area contributed by atoms with Crippen molar-refractivity contribution in [2.75, 3.05) is 14.2 Å². The van der Waals surface area contributed by atoms with Gasteiger partial charge in [0, 0.05) is 0 Å². The molecule has 0 saturated carbocycles. The minimum Gasteiger partial charge on any atom is -0.502 e. The molecule has 0 atom stereocenters. The van der Waals surface area contributed by atoms with Gasteiger partial charge in [-0.2, -0.15) is 0 Å². The van der Waals surface area contributed by atoms with Gasteiger partial charge in [-0.1, -0.05) is 32.6 Å². The molecule has 1 aromatic carbocycles. The Labute approximate surface area is 110 Å². The normalized spacial score (nSPS) is 10.4. The van der Waals surface area contributed by atoms with E-state index >= 15 is 0 Å². The van der Waals surface area contributed by atoms with E-state index in [-0.39, 0.29) is 5.75 Å². The van der Waals surface area contributed by atoms with Gasteiger partial charge in [0.1, 0.15) is 0 Å². The Morgan fingerprint density at radius 3 is 2.00 bits per heavy atom. The van der Waals surface area contributed by atoms with E-state index in [0.717, 1.165) is 18.4 Å². The number of ether oxygens (including phenoxy) is 2. The molecule has 0 fully saturated rings. The van der Waals surface area contributed by atoms with E-state index in [1.165, 1.54) is 25.7 Å². The number of hydrogen-bond donors (Lipinski definition) is 1. The fourth-order valence-electron chi connectivity index (χ4n) is 2.02. The van der Waals surface area contributed by atoms with Crippen LogP contribution in [0.5, 0.6) is 17.2 Å². The third-order valence-corrected chi connectivity index (χ3v) is 3.11. The molecule has 1 rings (SSSR count). The number of rotatable bonds is 8. The van der Waals surface area contributed by atoms with Gasteiger partial charge < -0.3 is 14.6 Å². The molecule has 0 heterocycles. The molecule has 0 aliphatic carbocycles. The molecule has 1 aromatic rings. The predicted octanol–water partition coefficient (Wildman–Crippen LogP) is 3.92. The van der Waals surface area contributed by atoms with Gasteiger partial charge in [0.2, 0.25) is 5.75 Å². The van der Waals surface area contributed by atoms with E-state index in [0.29, 0.717) is 11.5 Å². The van der Waals surface area contributed by atoms with Crippen LogP contribution >= 0.6 is 0 Å². The highest BCUT2D eigenvalue weighted by Gasteiger charge is 2.10. The topological polar surface area (TPSA) is 38.7 Å². The van der Waals surface area contributed by atoms with Crippen molar-refractivity contribution in [2.24, 2.45) is 0 Å². The molecule has 0 saturated heterocycles. The highest BCUT2D eigenvalue weighted by molar-refractivity contribution is 5.52. The van der Waals surface area contributed by atoms with Crippen LogP contribution in [-0.2, 0) is 6.42 Å². The van der Waals surface area contributed by atoms with Crippen molar-refractivity contribution in [2.45, 2.75) is 45.4 Å². The van der Waals surface area contributed by atoms with Crippen molar-refractivity contribution < 1.29 is 14.6 Å². The van der Waals surface area contributed by atoms with Crippen molar-refractivity contribution in [1.29, 1.82) is 0 Å². The summed E-state index contributed by atoms with van der Waals surface area (Å²) in [4.78, 5) is 0. The lowest BCUT2D eigenvalue weighted by Gasteiger charge is -2.11. The van der Waals surface area contributed by atoms with Gasteiger partial charge in [0.05, 0.1) is 14.2 Å². The van der Waals surface area contributed by atoms with Crippen LogP contribution < -0.4 is 9.47 Å². The largest absolute Gasteiger partial charge is 0.502 e. The molecule has 0 radical (unpaired) electrons. The number of aromatic hydroxyl groups is 1. The van der Waals surface area contributed by atoms with Crippen LogP contribution in [0, 0.1) is 0 Å². The fourth-order valence-corrected chi connectivity index (χ4v) is 2.02. The maximum Gasteiger partial charge on any atom is 0.200 e. The number of aryl methyl sites for hydroxylation is 1. The van der Waals surface area contributed by atoms with E-state index in [4.69, 9.17) is 9.47 Å². The SMILES string of the molecule is CCCCCCCc1cc(OC)c(O)c(OC)c1. The first-order valence-electron chi connectivity index (χ1n) is 6.66. The molecular formula is C15H24O3. The van der Waals surface area contributed by atoms with Crippen LogP contribution in [0.4, 0.5) is 0 Å². The average molecular weight is 252 g/mol. The lowest BCUT2D eigenvalue weighted by atomic mass is 10.0. The first kappa shape index (κ1) is 14.7. The maximum absolute atomic E-state index is 9.80. The van der Waals surface area contributed by atoms with Crippen LogP contribution in [0.3, 0.4) is 0 Å². The summed E-state index contributed by atoms with van der Waals surface area (Å²) in [5.74, 6) is 1.05. The molecule has 1 N–H and O–H groups in total. The van der Waals surface area contributed by atoms with Crippen LogP contribution in [-0.4, -0.2) is 19.3 Å². The predicted molar refractivity (Wildman–Crippen MR) is 73.7 cm³/mol. The zero-order valence-corrected chi connectivity index (χ0v) is 11.7. The average Bonchev–Trinajstić information content (AvgIpc) is 2.40. The molecule has 0 aromatic heterocycles. The molecule has 0 aliphatic rings. The van der Waals surface area contributed by atoms with E-state index in [2.05, 4.69) is 6.92 Å². The smallest absolute Gasteiger partial charge is 0.200 e. The Kier molecular flexibility index (Phi) is 6.40. The van der Waals surface area contributed by atoms with Crippen molar-refractivity contribution in [1.82, 2.24) is 0 Å². The summed E-state index contributed by atoms with van der Waals surface area (Å²) in [6.45, 7) is 2.22. The van der Waals surface area contributed by atoms with Crippen molar-refractivity contribution in [3.8, 4) is 17.2 Å². The monoisotopic (exact) mass is 252 g/mol. The lowest BCUT2D eigenvalue weighted by Crippen LogP contribution is -1.93. The number of unbranched alkanes of at least 4 members (excludes halogenated alkanes) is 4. The fraction of sp³-hybridized carbons (Fsp3) is 0.600. The van der Waals surface area contributed by atoms with Gasteiger partial charge in [-0.3, -0.25) is 0 Å². The Bertz CT molecular complexity index is 336. The van der Waals surface area contributed by atoms with Gasteiger partial charge in [-0.05, 0) is 30.5 Å². The van der Waals surface area contributed by atoms with Gasteiger partial charge in [0.15, 0.2) is 11.5 Å². The number of methoxy groups -OCH3 is 2. The van der Waals surface area contributed by atoms with Crippen LogP contribution in [0.1, 0.15) is 44.6 Å². The summed E-state index contributed by atoms with van der Waals surface area (Å²) >= 11 is 0. The number of benzene rings is 1. The highest BCUT2D eigenvalue weighted by atomic mass is 16.5. The van der Waals surface area contributed by atoms with Gasteiger partial charge >= 0.3 is 0 Å². The molecular weight excluding hydrogens is 228 g/mol. The standard InChI is InChI=1S/C15H24O3/c1-4-5-6-7-8-9-12-10-13(17-2)15(16)14(11-12)18-3/h10-11,16H,4-9H2,1-3H3. The number of hydrogen-bond acceptors (Lipinski definition) is 3. The second kappa shape index (κ2) is 7.85. The second-order valence-electron chi connectivity index (χ2n) is 4.51. The third kappa shape index (κ3) is 4.13. The summed E-state index contributed by atoms with van der Waals surface area (Å²) in [6, 6.07) is 3.77. The Hall–Kier alpha value is -1.38. The molecule has 3 heteroatoms. The Balaban J connectivity index is 2.60. The summed E-state index contributed by atoms with van der Waals surface area (Å²) in [5, 5.41) is 9.80. The molecule has 0 spiro atoms. The molecule has 0 unspecified atom stereocenters. The second-order valence-corrected chi connectivity index (χ2v) is 4.51. The van der Waals surface area contributed by atoms with Gasteiger partial charge in [-0.25, -0.2) is 0 Å². The minimum atomic E-state index is 0.0785. The van der Waals surface area contributed by atoms with Gasteiger partial charge in [-0.15, -0.1) is 0 Å².